The number of Topliss-reactive ketones (excluding diaryl/α,β-unsaturated/α-hetero) is 1. The second-order valence-corrected chi connectivity index (χ2v) is 5.88. The highest BCUT2D eigenvalue weighted by Crippen LogP contribution is 2.43. The van der Waals surface area contributed by atoms with Crippen molar-refractivity contribution < 1.29 is 14.3 Å². The molecule has 0 atom stereocenters. The van der Waals surface area contributed by atoms with Gasteiger partial charge in [-0.3, -0.25) is 14.5 Å². The average Bonchev–Trinajstić information content (AvgIpc) is 3.06. The number of carbonyl (C=O) groups is 2. The highest BCUT2D eigenvalue weighted by Gasteiger charge is 2.38. The standard InChI is InChI=1S/C20H17NO3/c1-2-24-12-21-16-10-6-5-9-15(16)19(20(21)23)18-14-8-4-3-7-13(14)11-17(18)22/h3-10H,2,11-12H2,1H3/b19-18+. The second kappa shape index (κ2) is 5.73. The van der Waals surface area contributed by atoms with Crippen LogP contribution in [0.2, 0.25) is 0 Å². The average molecular weight is 319 g/mol. The van der Waals surface area contributed by atoms with Gasteiger partial charge in [-0.15, -0.1) is 0 Å². The molecule has 2 aromatic carbocycles. The normalized spacial score (nSPS) is 19.0. The molecule has 0 radical (unpaired) electrons. The zero-order valence-corrected chi connectivity index (χ0v) is 13.4. The lowest BCUT2D eigenvalue weighted by Gasteiger charge is -2.16. The predicted octanol–water partition coefficient (Wildman–Crippen LogP) is 3.06. The number of hydrogen-bond donors (Lipinski definition) is 0. The minimum absolute atomic E-state index is 0.00705. The highest BCUT2D eigenvalue weighted by atomic mass is 16.5. The molecule has 2 aliphatic rings. The van der Waals surface area contributed by atoms with Crippen molar-refractivity contribution in [3.63, 3.8) is 0 Å². The first-order valence-electron chi connectivity index (χ1n) is 8.07. The van der Waals surface area contributed by atoms with Crippen molar-refractivity contribution in [3.05, 3.63) is 65.2 Å². The van der Waals surface area contributed by atoms with E-state index in [1.807, 2.05) is 55.5 Å². The summed E-state index contributed by atoms with van der Waals surface area (Å²) < 4.78 is 5.45. The summed E-state index contributed by atoms with van der Waals surface area (Å²) in [5, 5.41) is 0. The van der Waals surface area contributed by atoms with Gasteiger partial charge >= 0.3 is 0 Å². The minimum atomic E-state index is -0.162. The van der Waals surface area contributed by atoms with Crippen LogP contribution in [0, 0.1) is 0 Å². The molecule has 1 aliphatic heterocycles. The first-order valence-corrected chi connectivity index (χ1v) is 8.07. The molecule has 0 aromatic heterocycles. The fourth-order valence-electron chi connectivity index (χ4n) is 3.44. The fraction of sp³-hybridized carbons (Fsp3) is 0.200. The molecule has 1 amide bonds. The largest absolute Gasteiger partial charge is 0.361 e. The monoisotopic (exact) mass is 319 g/mol. The van der Waals surface area contributed by atoms with Crippen LogP contribution in [0.4, 0.5) is 5.69 Å². The lowest BCUT2D eigenvalue weighted by molar-refractivity contribution is -0.115. The molecule has 120 valence electrons. The van der Waals surface area contributed by atoms with Gasteiger partial charge in [0.15, 0.2) is 5.78 Å². The van der Waals surface area contributed by atoms with Gasteiger partial charge in [0.05, 0.1) is 11.3 Å². The van der Waals surface area contributed by atoms with Crippen molar-refractivity contribution in [3.8, 4) is 0 Å². The molecular weight excluding hydrogens is 302 g/mol. The third-order valence-electron chi connectivity index (χ3n) is 4.51. The van der Waals surface area contributed by atoms with E-state index in [4.69, 9.17) is 4.74 Å². The first-order chi connectivity index (χ1) is 11.7. The van der Waals surface area contributed by atoms with Gasteiger partial charge in [-0.05, 0) is 24.1 Å². The van der Waals surface area contributed by atoms with E-state index in [1.54, 1.807) is 4.90 Å². The van der Waals surface area contributed by atoms with Crippen LogP contribution in [-0.4, -0.2) is 25.0 Å². The third kappa shape index (κ3) is 2.11. The number of ketones is 1. The third-order valence-corrected chi connectivity index (χ3v) is 4.51. The van der Waals surface area contributed by atoms with E-state index in [9.17, 15) is 9.59 Å². The van der Waals surface area contributed by atoms with Gasteiger partial charge in [0.1, 0.15) is 6.73 Å². The van der Waals surface area contributed by atoms with Crippen LogP contribution in [0.5, 0.6) is 0 Å². The molecule has 0 spiro atoms. The number of rotatable bonds is 3. The van der Waals surface area contributed by atoms with E-state index in [1.165, 1.54) is 0 Å². The number of para-hydroxylation sites is 1. The summed E-state index contributed by atoms with van der Waals surface area (Å²) in [6.45, 7) is 2.61. The Labute approximate surface area is 140 Å². The van der Waals surface area contributed by atoms with E-state index in [2.05, 4.69) is 0 Å². The second-order valence-electron chi connectivity index (χ2n) is 5.88. The van der Waals surface area contributed by atoms with Crippen LogP contribution in [0.25, 0.3) is 11.1 Å². The maximum Gasteiger partial charge on any atom is 0.261 e. The van der Waals surface area contributed by atoms with Gasteiger partial charge in [-0.25, -0.2) is 0 Å². The molecule has 1 heterocycles. The molecule has 4 rings (SSSR count). The highest BCUT2D eigenvalue weighted by molar-refractivity contribution is 6.47. The molecular formula is C20H17NO3. The van der Waals surface area contributed by atoms with E-state index in [0.717, 1.165) is 22.4 Å². The molecule has 4 nitrogen and oxygen atoms in total. The Morgan fingerprint density at radius 1 is 0.958 bits per heavy atom. The van der Waals surface area contributed by atoms with Crippen LogP contribution in [0.1, 0.15) is 23.6 Å². The molecule has 0 unspecified atom stereocenters. The zero-order chi connectivity index (χ0) is 16.7. The Balaban J connectivity index is 1.93. The Bertz CT molecular complexity index is 882. The van der Waals surface area contributed by atoms with Crippen molar-refractivity contribution in [1.29, 1.82) is 0 Å². The maximum atomic E-state index is 13.0. The minimum Gasteiger partial charge on any atom is -0.361 e. The summed E-state index contributed by atoms with van der Waals surface area (Å²) in [7, 11) is 0. The van der Waals surface area contributed by atoms with Gasteiger partial charge < -0.3 is 4.74 Å². The predicted molar refractivity (Wildman–Crippen MR) is 92.4 cm³/mol. The van der Waals surface area contributed by atoms with Gasteiger partial charge in [0.2, 0.25) is 0 Å². The summed E-state index contributed by atoms with van der Waals surface area (Å²) in [5.41, 5.74) is 4.51. The fourth-order valence-corrected chi connectivity index (χ4v) is 3.44. The van der Waals surface area contributed by atoms with Crippen LogP contribution in [0.15, 0.2) is 48.5 Å². The van der Waals surface area contributed by atoms with Gasteiger partial charge in [0, 0.05) is 24.2 Å². The molecule has 0 fully saturated rings. The summed E-state index contributed by atoms with van der Waals surface area (Å²) >= 11 is 0. The summed E-state index contributed by atoms with van der Waals surface area (Å²) in [4.78, 5) is 27.3. The van der Waals surface area contributed by atoms with E-state index < -0.39 is 0 Å². The number of allylic oxidation sites excluding steroid dienone is 1. The zero-order valence-electron chi connectivity index (χ0n) is 13.4. The van der Waals surface area contributed by atoms with Crippen LogP contribution >= 0.6 is 0 Å². The van der Waals surface area contributed by atoms with E-state index >= 15 is 0 Å². The van der Waals surface area contributed by atoms with Crippen LogP contribution in [-0.2, 0) is 20.7 Å². The molecule has 0 N–H and O–H groups in total. The van der Waals surface area contributed by atoms with Crippen LogP contribution in [0.3, 0.4) is 0 Å². The molecule has 24 heavy (non-hydrogen) atoms. The van der Waals surface area contributed by atoms with E-state index in [0.29, 0.717) is 24.2 Å². The molecule has 2 aromatic rings. The topological polar surface area (TPSA) is 46.6 Å². The Kier molecular flexibility index (Phi) is 3.54. The SMILES string of the molecule is CCOCN1C(=O)/C(=C2/C(=O)Cc3ccccc32)c2ccccc21. The number of anilines is 1. The quantitative estimate of drug-likeness (QED) is 0.817. The van der Waals surface area contributed by atoms with Crippen LogP contribution < -0.4 is 4.90 Å². The summed E-state index contributed by atoms with van der Waals surface area (Å²) in [6, 6.07) is 15.3. The lowest BCUT2D eigenvalue weighted by atomic mass is 9.96. The molecule has 0 saturated heterocycles. The number of hydrogen-bond acceptors (Lipinski definition) is 3. The lowest BCUT2D eigenvalue weighted by Crippen LogP contribution is -2.29. The number of fused-ring (bicyclic) bond motifs is 2. The van der Waals surface area contributed by atoms with Crippen molar-refractivity contribution in [2.75, 3.05) is 18.2 Å². The molecule has 1 aliphatic carbocycles. The number of amides is 1. The van der Waals surface area contributed by atoms with Gasteiger partial charge in [-0.2, -0.15) is 0 Å². The van der Waals surface area contributed by atoms with Gasteiger partial charge in [-0.1, -0.05) is 42.5 Å². The van der Waals surface area contributed by atoms with Crippen molar-refractivity contribution in [2.45, 2.75) is 13.3 Å². The number of ether oxygens (including phenoxy) is 1. The molecule has 4 heteroatoms. The number of nitrogens with zero attached hydrogens (tertiary/aromatic N) is 1. The Morgan fingerprint density at radius 3 is 2.46 bits per heavy atom. The summed E-state index contributed by atoms with van der Waals surface area (Å²) in [5.74, 6) is -0.155. The first kappa shape index (κ1) is 14.8. The maximum absolute atomic E-state index is 13.0. The van der Waals surface area contributed by atoms with Crippen molar-refractivity contribution >= 4 is 28.5 Å². The van der Waals surface area contributed by atoms with Crippen molar-refractivity contribution in [1.82, 2.24) is 0 Å². The number of benzene rings is 2. The smallest absolute Gasteiger partial charge is 0.261 e. The van der Waals surface area contributed by atoms with E-state index in [-0.39, 0.29) is 18.4 Å². The van der Waals surface area contributed by atoms with Crippen molar-refractivity contribution in [2.24, 2.45) is 0 Å². The Hall–Kier alpha value is -2.72. The molecule has 0 bridgehead atoms. The summed E-state index contributed by atoms with van der Waals surface area (Å²) in [6.07, 6.45) is 0.357. The molecule has 0 saturated carbocycles. The number of carbonyl (C=O) groups excluding carboxylic acids is 2. The van der Waals surface area contributed by atoms with Gasteiger partial charge in [0.25, 0.3) is 5.91 Å². The Morgan fingerprint density at radius 2 is 1.67 bits per heavy atom.